The molecule has 2 N–H and O–H groups in total. The number of carbonyl (C=O) groups excluding carboxylic acids is 1. The SMILES string of the molecule is N#CCN(CC#N)C(=O)C1(CN)CCC1. The van der Waals surface area contributed by atoms with Gasteiger partial charge in [-0.1, -0.05) is 6.42 Å². The van der Waals surface area contributed by atoms with Gasteiger partial charge in [0.15, 0.2) is 0 Å². The highest BCUT2D eigenvalue weighted by Crippen LogP contribution is 2.41. The van der Waals surface area contributed by atoms with Crippen LogP contribution in [0.1, 0.15) is 19.3 Å². The first-order valence-electron chi connectivity index (χ1n) is 4.93. The maximum atomic E-state index is 12.0. The zero-order valence-electron chi connectivity index (χ0n) is 8.57. The topological polar surface area (TPSA) is 93.9 Å². The Morgan fingerprint density at radius 2 is 1.87 bits per heavy atom. The lowest BCUT2D eigenvalue weighted by molar-refractivity contribution is -0.145. The van der Waals surface area contributed by atoms with E-state index in [2.05, 4.69) is 0 Å². The molecule has 0 aromatic heterocycles. The Hall–Kier alpha value is -1.59. The first-order valence-corrected chi connectivity index (χ1v) is 4.93. The number of nitrogens with zero attached hydrogens (tertiary/aromatic N) is 3. The van der Waals surface area contributed by atoms with Crippen LogP contribution in [-0.2, 0) is 4.79 Å². The predicted octanol–water partition coefficient (Wildman–Crippen LogP) is -0.00884. The third kappa shape index (κ3) is 2.08. The van der Waals surface area contributed by atoms with Gasteiger partial charge >= 0.3 is 0 Å². The summed E-state index contributed by atoms with van der Waals surface area (Å²) in [6.45, 7) is 0.238. The number of hydrogen-bond acceptors (Lipinski definition) is 4. The number of nitrogens with two attached hydrogens (primary N) is 1. The summed E-state index contributed by atoms with van der Waals surface area (Å²) in [5.41, 5.74) is 5.09. The van der Waals surface area contributed by atoms with Crippen molar-refractivity contribution >= 4 is 5.91 Å². The molecule has 0 radical (unpaired) electrons. The van der Waals surface area contributed by atoms with Gasteiger partial charge in [0.2, 0.25) is 5.91 Å². The highest BCUT2D eigenvalue weighted by Gasteiger charge is 2.44. The molecular weight excluding hydrogens is 192 g/mol. The Bertz CT molecular complexity index is 300. The van der Waals surface area contributed by atoms with E-state index in [1.54, 1.807) is 0 Å². The molecule has 0 heterocycles. The van der Waals surface area contributed by atoms with Crippen molar-refractivity contribution < 1.29 is 4.79 Å². The van der Waals surface area contributed by atoms with E-state index >= 15 is 0 Å². The van der Waals surface area contributed by atoms with Gasteiger partial charge in [0.05, 0.1) is 17.6 Å². The monoisotopic (exact) mass is 206 g/mol. The summed E-state index contributed by atoms with van der Waals surface area (Å²) in [5, 5.41) is 17.1. The highest BCUT2D eigenvalue weighted by molar-refractivity contribution is 5.84. The van der Waals surface area contributed by atoms with Crippen LogP contribution in [0.25, 0.3) is 0 Å². The van der Waals surface area contributed by atoms with Crippen molar-refractivity contribution in [3.8, 4) is 12.1 Å². The van der Waals surface area contributed by atoms with Gasteiger partial charge in [-0.2, -0.15) is 10.5 Å². The van der Waals surface area contributed by atoms with Gasteiger partial charge in [0.25, 0.3) is 0 Å². The fourth-order valence-corrected chi connectivity index (χ4v) is 1.81. The lowest BCUT2D eigenvalue weighted by Gasteiger charge is -2.41. The van der Waals surface area contributed by atoms with Gasteiger partial charge in [-0.25, -0.2) is 0 Å². The van der Waals surface area contributed by atoms with Crippen LogP contribution in [0.3, 0.4) is 0 Å². The van der Waals surface area contributed by atoms with Crippen LogP contribution >= 0.6 is 0 Å². The Labute approximate surface area is 89.1 Å². The summed E-state index contributed by atoms with van der Waals surface area (Å²) in [4.78, 5) is 13.3. The van der Waals surface area contributed by atoms with Crippen LogP contribution in [-0.4, -0.2) is 30.4 Å². The van der Waals surface area contributed by atoms with E-state index in [0.29, 0.717) is 6.54 Å². The zero-order valence-corrected chi connectivity index (χ0v) is 8.57. The van der Waals surface area contributed by atoms with E-state index in [-0.39, 0.29) is 19.0 Å². The van der Waals surface area contributed by atoms with Crippen LogP contribution < -0.4 is 5.73 Å². The van der Waals surface area contributed by atoms with Crippen LogP contribution in [0, 0.1) is 28.1 Å². The van der Waals surface area contributed by atoms with Crippen LogP contribution in [0.2, 0.25) is 0 Å². The fourth-order valence-electron chi connectivity index (χ4n) is 1.81. The summed E-state index contributed by atoms with van der Waals surface area (Å²) < 4.78 is 0. The molecule has 1 saturated carbocycles. The maximum Gasteiger partial charge on any atom is 0.231 e. The molecule has 0 aromatic rings. The van der Waals surface area contributed by atoms with Crippen LogP contribution in [0.4, 0.5) is 0 Å². The van der Waals surface area contributed by atoms with Gasteiger partial charge in [-0.05, 0) is 12.8 Å². The fraction of sp³-hybridized carbons (Fsp3) is 0.700. The Morgan fingerprint density at radius 1 is 1.33 bits per heavy atom. The standard InChI is InChI=1S/C10H14N4O/c11-4-6-14(7-5-12)9(15)10(8-13)2-1-3-10/h1-3,6-8,13H2. The van der Waals surface area contributed by atoms with Gasteiger partial charge in [-0.15, -0.1) is 0 Å². The molecule has 15 heavy (non-hydrogen) atoms. The van der Waals surface area contributed by atoms with Gasteiger partial charge < -0.3 is 10.6 Å². The number of nitriles is 2. The Morgan fingerprint density at radius 3 is 2.13 bits per heavy atom. The van der Waals surface area contributed by atoms with Crippen molar-refractivity contribution in [2.45, 2.75) is 19.3 Å². The van der Waals surface area contributed by atoms with Crippen molar-refractivity contribution in [2.24, 2.45) is 11.1 Å². The molecule has 0 aliphatic heterocycles. The molecule has 0 spiro atoms. The average Bonchev–Trinajstić information content (AvgIpc) is 2.16. The molecule has 1 fully saturated rings. The second-order valence-corrected chi connectivity index (χ2v) is 3.82. The lowest BCUT2D eigenvalue weighted by Crippen LogP contribution is -2.52. The van der Waals surface area contributed by atoms with Crippen LogP contribution in [0.15, 0.2) is 0 Å². The highest BCUT2D eigenvalue weighted by atomic mass is 16.2. The summed E-state index contributed by atoms with van der Waals surface area (Å²) >= 11 is 0. The summed E-state index contributed by atoms with van der Waals surface area (Å²) in [7, 11) is 0. The van der Waals surface area contributed by atoms with Crippen molar-refractivity contribution in [3.63, 3.8) is 0 Å². The van der Waals surface area contributed by atoms with Crippen LogP contribution in [0.5, 0.6) is 0 Å². The average molecular weight is 206 g/mol. The third-order valence-corrected chi connectivity index (χ3v) is 2.97. The molecule has 0 unspecified atom stereocenters. The second-order valence-electron chi connectivity index (χ2n) is 3.82. The minimum atomic E-state index is -0.492. The van der Waals surface area contributed by atoms with Crippen molar-refractivity contribution in [1.82, 2.24) is 4.90 Å². The molecule has 1 amide bonds. The molecule has 1 aliphatic rings. The van der Waals surface area contributed by atoms with E-state index in [1.807, 2.05) is 12.1 Å². The molecule has 5 heteroatoms. The van der Waals surface area contributed by atoms with Gasteiger partial charge in [0, 0.05) is 6.54 Å². The largest absolute Gasteiger partial charge is 0.329 e. The minimum absolute atomic E-state index is 0.0336. The number of rotatable bonds is 4. The smallest absolute Gasteiger partial charge is 0.231 e. The van der Waals surface area contributed by atoms with E-state index in [4.69, 9.17) is 16.3 Å². The number of hydrogen-bond donors (Lipinski definition) is 1. The first kappa shape index (κ1) is 11.5. The molecular formula is C10H14N4O. The van der Waals surface area contributed by atoms with Gasteiger partial charge in [0.1, 0.15) is 13.1 Å². The summed E-state index contributed by atoms with van der Waals surface area (Å²) in [6, 6.07) is 3.78. The Balaban J connectivity index is 2.71. The number of carbonyl (C=O) groups is 1. The summed E-state index contributed by atoms with van der Waals surface area (Å²) in [6.07, 6.45) is 2.54. The Kier molecular flexibility index (Phi) is 3.65. The van der Waals surface area contributed by atoms with E-state index in [1.165, 1.54) is 4.90 Å². The molecule has 0 bridgehead atoms. The minimum Gasteiger partial charge on any atom is -0.329 e. The maximum absolute atomic E-state index is 12.0. The first-order chi connectivity index (χ1) is 7.20. The third-order valence-electron chi connectivity index (χ3n) is 2.97. The van der Waals surface area contributed by atoms with Crippen molar-refractivity contribution in [1.29, 1.82) is 10.5 Å². The quantitative estimate of drug-likeness (QED) is 0.654. The van der Waals surface area contributed by atoms with E-state index in [0.717, 1.165) is 19.3 Å². The summed E-state index contributed by atoms with van der Waals surface area (Å²) in [5.74, 6) is -0.139. The molecule has 1 aliphatic carbocycles. The normalized spacial score (nSPS) is 17.0. The molecule has 0 atom stereocenters. The second kappa shape index (κ2) is 4.77. The van der Waals surface area contributed by atoms with Gasteiger partial charge in [-0.3, -0.25) is 4.79 Å². The number of amides is 1. The van der Waals surface area contributed by atoms with E-state index < -0.39 is 5.41 Å². The predicted molar refractivity (Wildman–Crippen MR) is 53.1 cm³/mol. The molecule has 0 aromatic carbocycles. The molecule has 1 rings (SSSR count). The van der Waals surface area contributed by atoms with E-state index in [9.17, 15) is 4.79 Å². The molecule has 0 saturated heterocycles. The lowest BCUT2D eigenvalue weighted by atomic mass is 9.68. The molecule has 5 nitrogen and oxygen atoms in total. The van der Waals surface area contributed by atoms with Crippen molar-refractivity contribution in [2.75, 3.05) is 19.6 Å². The molecule has 80 valence electrons. The zero-order chi connectivity index (χ0) is 11.3. The van der Waals surface area contributed by atoms with Crippen molar-refractivity contribution in [3.05, 3.63) is 0 Å².